The lowest BCUT2D eigenvalue weighted by molar-refractivity contribution is -0.137. The maximum atomic E-state index is 12.8. The van der Waals surface area contributed by atoms with Crippen molar-refractivity contribution in [1.82, 2.24) is 14.7 Å². The third kappa shape index (κ3) is 5.93. The summed E-state index contributed by atoms with van der Waals surface area (Å²) >= 11 is 0. The minimum Gasteiger partial charge on any atom is -0.387 e. The molecule has 0 spiro atoms. The Bertz CT molecular complexity index is 781. The van der Waals surface area contributed by atoms with E-state index in [4.69, 9.17) is 0 Å². The van der Waals surface area contributed by atoms with Crippen LogP contribution in [0.2, 0.25) is 0 Å². The topological polar surface area (TPSA) is 76.1 Å². The molecule has 1 atom stereocenters. The number of β-amino-alcohol motifs (C(OH)–C–C–N with tert-alkyl or cyclic N) is 1. The molecule has 2 N–H and O–H groups in total. The number of amides is 2. The maximum Gasteiger partial charge on any atom is 0.416 e. The van der Waals surface area contributed by atoms with Crippen LogP contribution < -0.4 is 5.32 Å². The van der Waals surface area contributed by atoms with Crippen molar-refractivity contribution in [3.8, 4) is 0 Å². The highest BCUT2D eigenvalue weighted by atomic mass is 19.4. The van der Waals surface area contributed by atoms with E-state index in [1.54, 1.807) is 16.7 Å². The van der Waals surface area contributed by atoms with Crippen LogP contribution in [0.5, 0.6) is 0 Å². The van der Waals surface area contributed by atoms with E-state index in [1.165, 1.54) is 12.1 Å². The number of nitrogens with one attached hydrogen (secondary N) is 1. The molecule has 0 aromatic heterocycles. The first kappa shape index (κ1) is 22.5. The lowest BCUT2D eigenvalue weighted by Gasteiger charge is -2.38. The molecular formula is C20H27F3N4O3. The number of aliphatic hydroxyl groups is 1. The van der Waals surface area contributed by atoms with E-state index in [9.17, 15) is 27.9 Å². The SMILES string of the molecule is CC(=O)N1CCN(CC2(O)CCN(CC(=O)Nc3cccc(C(F)(F)F)c3)C2)CC1. The first-order valence-corrected chi connectivity index (χ1v) is 9.94. The fourth-order valence-electron chi connectivity index (χ4n) is 4.02. The smallest absolute Gasteiger partial charge is 0.387 e. The van der Waals surface area contributed by atoms with E-state index in [1.807, 2.05) is 0 Å². The minimum atomic E-state index is -4.47. The van der Waals surface area contributed by atoms with Crippen molar-refractivity contribution in [1.29, 1.82) is 0 Å². The largest absolute Gasteiger partial charge is 0.416 e. The number of hydrogen-bond acceptors (Lipinski definition) is 5. The molecule has 1 aromatic rings. The predicted molar refractivity (Wildman–Crippen MR) is 105 cm³/mol. The van der Waals surface area contributed by atoms with Crippen molar-refractivity contribution in [2.75, 3.05) is 57.7 Å². The van der Waals surface area contributed by atoms with Gasteiger partial charge in [0.1, 0.15) is 0 Å². The van der Waals surface area contributed by atoms with Crippen LogP contribution in [0.25, 0.3) is 0 Å². The predicted octanol–water partition coefficient (Wildman–Crippen LogP) is 1.24. The lowest BCUT2D eigenvalue weighted by atomic mass is 10.0. The van der Waals surface area contributed by atoms with E-state index in [0.29, 0.717) is 52.2 Å². The van der Waals surface area contributed by atoms with Gasteiger partial charge in [-0.3, -0.25) is 19.4 Å². The van der Waals surface area contributed by atoms with Gasteiger partial charge in [-0.25, -0.2) is 0 Å². The fourth-order valence-corrected chi connectivity index (χ4v) is 4.02. The number of benzene rings is 1. The molecule has 166 valence electrons. The van der Waals surface area contributed by atoms with Gasteiger partial charge < -0.3 is 15.3 Å². The van der Waals surface area contributed by atoms with Gasteiger partial charge in [-0.2, -0.15) is 13.2 Å². The first-order chi connectivity index (χ1) is 14.0. The average Bonchev–Trinajstić information content (AvgIpc) is 3.01. The highest BCUT2D eigenvalue weighted by Crippen LogP contribution is 2.30. The summed E-state index contributed by atoms with van der Waals surface area (Å²) in [6, 6.07) is 4.51. The standard InChI is InChI=1S/C20H27F3N4O3/c1-15(28)27-9-7-25(8-10-27)13-19(30)5-6-26(14-19)12-18(29)24-17-4-2-3-16(11-17)20(21,22)23/h2-4,11,30H,5-10,12-14H2,1H3,(H,24,29). The Morgan fingerprint density at radius 2 is 1.83 bits per heavy atom. The molecule has 1 aromatic carbocycles. The molecule has 0 saturated carbocycles. The number of halogens is 3. The Hall–Kier alpha value is -2.17. The van der Waals surface area contributed by atoms with Crippen LogP contribution in [0.1, 0.15) is 18.9 Å². The maximum absolute atomic E-state index is 12.8. The molecule has 2 aliphatic rings. The molecule has 2 saturated heterocycles. The van der Waals surface area contributed by atoms with Crippen molar-refractivity contribution in [2.24, 2.45) is 0 Å². The number of carbonyl (C=O) groups is 2. The van der Waals surface area contributed by atoms with Crippen LogP contribution in [0.15, 0.2) is 24.3 Å². The number of alkyl halides is 3. The lowest BCUT2D eigenvalue weighted by Crippen LogP contribution is -2.53. The summed E-state index contributed by atoms with van der Waals surface area (Å²) in [6.07, 6.45) is -3.96. The highest BCUT2D eigenvalue weighted by Gasteiger charge is 2.38. The molecule has 0 aliphatic carbocycles. The summed E-state index contributed by atoms with van der Waals surface area (Å²) in [5.41, 5.74) is -1.68. The zero-order chi connectivity index (χ0) is 21.9. The van der Waals surface area contributed by atoms with Crippen LogP contribution in [0.3, 0.4) is 0 Å². The van der Waals surface area contributed by atoms with Crippen LogP contribution in [-0.4, -0.2) is 89.6 Å². The number of likely N-dealkylation sites (tertiary alicyclic amines) is 1. The number of rotatable bonds is 5. The minimum absolute atomic E-state index is 0.00330. The quantitative estimate of drug-likeness (QED) is 0.738. The van der Waals surface area contributed by atoms with Gasteiger partial charge in [-0.1, -0.05) is 6.07 Å². The van der Waals surface area contributed by atoms with Crippen molar-refractivity contribution < 1.29 is 27.9 Å². The molecule has 2 fully saturated rings. The van der Waals surface area contributed by atoms with Gasteiger partial charge in [0.25, 0.3) is 0 Å². The van der Waals surface area contributed by atoms with E-state index in [-0.39, 0.29) is 18.1 Å². The van der Waals surface area contributed by atoms with E-state index >= 15 is 0 Å². The molecule has 0 radical (unpaired) electrons. The molecule has 10 heteroatoms. The first-order valence-electron chi connectivity index (χ1n) is 9.94. The van der Waals surface area contributed by atoms with Crippen LogP contribution in [-0.2, 0) is 15.8 Å². The molecule has 7 nitrogen and oxygen atoms in total. The molecule has 30 heavy (non-hydrogen) atoms. The zero-order valence-electron chi connectivity index (χ0n) is 16.9. The number of hydrogen-bond donors (Lipinski definition) is 2. The Balaban J connectivity index is 1.47. The third-order valence-corrected chi connectivity index (χ3v) is 5.59. The monoisotopic (exact) mass is 428 g/mol. The number of carbonyl (C=O) groups excluding carboxylic acids is 2. The van der Waals surface area contributed by atoms with Gasteiger partial charge in [-0.05, 0) is 24.6 Å². The van der Waals surface area contributed by atoms with E-state index in [0.717, 1.165) is 12.1 Å². The molecular weight excluding hydrogens is 401 g/mol. The number of nitrogens with zero attached hydrogens (tertiary/aromatic N) is 3. The third-order valence-electron chi connectivity index (χ3n) is 5.59. The molecule has 3 rings (SSSR count). The van der Waals surface area contributed by atoms with E-state index < -0.39 is 23.2 Å². The van der Waals surface area contributed by atoms with Crippen molar-refractivity contribution in [2.45, 2.75) is 25.1 Å². The fraction of sp³-hybridized carbons (Fsp3) is 0.600. The highest BCUT2D eigenvalue weighted by molar-refractivity contribution is 5.92. The van der Waals surface area contributed by atoms with Crippen molar-refractivity contribution in [3.05, 3.63) is 29.8 Å². The Kier molecular flexibility index (Phi) is 6.68. The molecule has 0 bridgehead atoms. The second-order valence-corrected chi connectivity index (χ2v) is 8.09. The second-order valence-electron chi connectivity index (χ2n) is 8.09. The van der Waals surface area contributed by atoms with Gasteiger partial charge in [0.15, 0.2) is 0 Å². The Labute approximate surface area is 173 Å². The summed E-state index contributed by atoms with van der Waals surface area (Å²) in [5.74, 6) is -0.374. The van der Waals surface area contributed by atoms with Crippen LogP contribution in [0, 0.1) is 0 Å². The molecule has 1 unspecified atom stereocenters. The van der Waals surface area contributed by atoms with Gasteiger partial charge in [0.05, 0.1) is 17.7 Å². The van der Waals surface area contributed by atoms with Gasteiger partial charge in [0.2, 0.25) is 11.8 Å². The molecule has 2 amide bonds. The zero-order valence-corrected chi connectivity index (χ0v) is 16.9. The summed E-state index contributed by atoms with van der Waals surface area (Å²) in [5, 5.41) is 13.4. The normalized spacial score (nSPS) is 23.6. The number of piperazine rings is 1. The Morgan fingerprint density at radius 3 is 2.47 bits per heavy atom. The van der Waals surface area contributed by atoms with Gasteiger partial charge in [-0.15, -0.1) is 0 Å². The van der Waals surface area contributed by atoms with Gasteiger partial charge >= 0.3 is 6.18 Å². The summed E-state index contributed by atoms with van der Waals surface area (Å²) < 4.78 is 38.4. The van der Waals surface area contributed by atoms with Gasteiger partial charge in [0, 0.05) is 58.4 Å². The van der Waals surface area contributed by atoms with E-state index in [2.05, 4.69) is 10.2 Å². The molecule has 2 heterocycles. The summed E-state index contributed by atoms with van der Waals surface area (Å²) in [6.45, 7) is 5.50. The summed E-state index contributed by atoms with van der Waals surface area (Å²) in [4.78, 5) is 29.4. The summed E-state index contributed by atoms with van der Waals surface area (Å²) in [7, 11) is 0. The average molecular weight is 428 g/mol. The van der Waals surface area contributed by atoms with Crippen LogP contribution >= 0.6 is 0 Å². The van der Waals surface area contributed by atoms with Crippen molar-refractivity contribution >= 4 is 17.5 Å². The molecule has 2 aliphatic heterocycles. The van der Waals surface area contributed by atoms with Crippen LogP contribution in [0.4, 0.5) is 18.9 Å². The second kappa shape index (κ2) is 8.91. The van der Waals surface area contributed by atoms with Crippen molar-refractivity contribution in [3.63, 3.8) is 0 Å². The Morgan fingerprint density at radius 1 is 1.13 bits per heavy atom. The number of anilines is 1.